The number of fused-ring (bicyclic) bond motifs is 6. The van der Waals surface area contributed by atoms with Gasteiger partial charge in [0.1, 0.15) is 6.07 Å². The number of rotatable bonds is 2. The molecule has 0 spiro atoms. The van der Waals surface area contributed by atoms with Crippen LogP contribution in [0.25, 0.3) is 60.4 Å². The third kappa shape index (κ3) is 2.63. The second kappa shape index (κ2) is 7.10. The average Bonchev–Trinajstić information content (AvgIpc) is 3.44. The van der Waals surface area contributed by atoms with Crippen LogP contribution in [0.1, 0.15) is 5.56 Å². The Labute approximate surface area is 196 Å². The van der Waals surface area contributed by atoms with Crippen LogP contribution in [-0.2, 0) is 0 Å². The summed E-state index contributed by atoms with van der Waals surface area (Å²) in [7, 11) is 0. The molecular formula is C31H19N3. The maximum absolute atomic E-state index is 9.49. The summed E-state index contributed by atoms with van der Waals surface area (Å²) in [4.78, 5) is 3.42. The van der Waals surface area contributed by atoms with Crippen LogP contribution in [-0.4, -0.2) is 9.55 Å². The van der Waals surface area contributed by atoms with Gasteiger partial charge in [0.15, 0.2) is 0 Å². The molecule has 0 unspecified atom stereocenters. The Hall–Kier alpha value is -4.81. The minimum Gasteiger partial charge on any atom is -0.353 e. The number of aromatic amines is 1. The van der Waals surface area contributed by atoms with Gasteiger partial charge in [0.2, 0.25) is 0 Å². The van der Waals surface area contributed by atoms with Gasteiger partial charge < -0.3 is 9.55 Å². The summed E-state index contributed by atoms with van der Waals surface area (Å²) in [6.07, 6.45) is 0. The molecule has 34 heavy (non-hydrogen) atoms. The van der Waals surface area contributed by atoms with E-state index in [-0.39, 0.29) is 0 Å². The standard InChI is InChI=1S/C31H19N3/c32-19-22-8-6-12-26-27-18-21(15-16-28(27)33-31(22)26)20-7-5-9-23(17-20)34-29-13-3-1-10-24(29)25-11-2-4-14-30(25)34/h1-18,33H. The number of nitrogens with one attached hydrogen (secondary N) is 1. The Morgan fingerprint density at radius 1 is 0.588 bits per heavy atom. The van der Waals surface area contributed by atoms with Crippen molar-refractivity contribution in [2.75, 3.05) is 0 Å². The van der Waals surface area contributed by atoms with E-state index in [4.69, 9.17) is 0 Å². The fourth-order valence-corrected chi connectivity index (χ4v) is 5.22. The Morgan fingerprint density at radius 3 is 2.03 bits per heavy atom. The summed E-state index contributed by atoms with van der Waals surface area (Å²) in [6.45, 7) is 0. The Bertz CT molecular complexity index is 1870. The van der Waals surface area contributed by atoms with Crippen LogP contribution in [0, 0.1) is 11.3 Å². The highest BCUT2D eigenvalue weighted by Gasteiger charge is 2.13. The summed E-state index contributed by atoms with van der Waals surface area (Å²) in [5, 5.41) is 14.2. The zero-order chi connectivity index (χ0) is 22.6. The van der Waals surface area contributed by atoms with Gasteiger partial charge in [-0.05, 0) is 53.6 Å². The highest BCUT2D eigenvalue weighted by Crippen LogP contribution is 2.35. The molecule has 0 saturated heterocycles. The molecule has 0 amide bonds. The number of nitriles is 1. The van der Waals surface area contributed by atoms with Crippen LogP contribution in [0.2, 0.25) is 0 Å². The number of para-hydroxylation sites is 3. The SMILES string of the molecule is N#Cc1cccc2c1[nH]c1ccc(-c3cccc(-n4c5ccccc5c5ccccc54)c3)cc12. The molecule has 0 fully saturated rings. The van der Waals surface area contributed by atoms with E-state index in [1.165, 1.54) is 21.8 Å². The van der Waals surface area contributed by atoms with Crippen molar-refractivity contribution in [2.24, 2.45) is 0 Å². The summed E-state index contributed by atoms with van der Waals surface area (Å²) in [6, 6.07) is 40.5. The van der Waals surface area contributed by atoms with Gasteiger partial charge >= 0.3 is 0 Å². The molecule has 3 heteroatoms. The molecule has 0 aliphatic heterocycles. The maximum atomic E-state index is 9.49. The second-order valence-electron chi connectivity index (χ2n) is 8.65. The lowest BCUT2D eigenvalue weighted by molar-refractivity contribution is 1.18. The van der Waals surface area contributed by atoms with Gasteiger partial charge in [-0.15, -0.1) is 0 Å². The van der Waals surface area contributed by atoms with Gasteiger partial charge in [0.05, 0.1) is 22.1 Å². The zero-order valence-electron chi connectivity index (χ0n) is 18.3. The van der Waals surface area contributed by atoms with Gasteiger partial charge in [-0.25, -0.2) is 0 Å². The van der Waals surface area contributed by atoms with Crippen LogP contribution in [0.4, 0.5) is 0 Å². The molecule has 0 aliphatic carbocycles. The highest BCUT2D eigenvalue weighted by molar-refractivity contribution is 6.11. The molecular weight excluding hydrogens is 414 g/mol. The first-order chi connectivity index (χ1) is 16.8. The van der Waals surface area contributed by atoms with Crippen molar-refractivity contribution in [2.45, 2.75) is 0 Å². The number of hydrogen-bond acceptors (Lipinski definition) is 1. The van der Waals surface area contributed by atoms with Crippen molar-refractivity contribution >= 4 is 43.6 Å². The molecule has 7 aromatic rings. The van der Waals surface area contributed by atoms with E-state index in [0.29, 0.717) is 5.56 Å². The molecule has 0 atom stereocenters. The minimum absolute atomic E-state index is 0.670. The fraction of sp³-hybridized carbons (Fsp3) is 0. The van der Waals surface area contributed by atoms with Crippen LogP contribution < -0.4 is 0 Å². The molecule has 3 nitrogen and oxygen atoms in total. The average molecular weight is 434 g/mol. The quantitative estimate of drug-likeness (QED) is 0.295. The Morgan fingerprint density at radius 2 is 1.26 bits per heavy atom. The molecule has 5 aromatic carbocycles. The van der Waals surface area contributed by atoms with E-state index in [9.17, 15) is 5.26 Å². The first-order valence-electron chi connectivity index (χ1n) is 11.4. The third-order valence-corrected chi connectivity index (χ3v) is 6.77. The smallest absolute Gasteiger partial charge is 0.101 e. The lowest BCUT2D eigenvalue weighted by Crippen LogP contribution is -1.94. The number of aromatic nitrogens is 2. The fourth-order valence-electron chi connectivity index (χ4n) is 5.22. The van der Waals surface area contributed by atoms with Crippen molar-refractivity contribution < 1.29 is 0 Å². The van der Waals surface area contributed by atoms with Gasteiger partial charge in [-0.1, -0.05) is 66.7 Å². The maximum Gasteiger partial charge on any atom is 0.101 e. The topological polar surface area (TPSA) is 44.5 Å². The third-order valence-electron chi connectivity index (χ3n) is 6.77. The molecule has 158 valence electrons. The largest absolute Gasteiger partial charge is 0.353 e. The van der Waals surface area contributed by atoms with E-state index < -0.39 is 0 Å². The lowest BCUT2D eigenvalue weighted by Gasteiger charge is -2.10. The number of hydrogen-bond donors (Lipinski definition) is 1. The molecule has 7 rings (SSSR count). The molecule has 0 saturated carbocycles. The summed E-state index contributed by atoms with van der Waals surface area (Å²) >= 11 is 0. The molecule has 0 bridgehead atoms. The van der Waals surface area contributed by atoms with Gasteiger partial charge in [0, 0.05) is 32.7 Å². The zero-order valence-corrected chi connectivity index (χ0v) is 18.3. The minimum atomic E-state index is 0.670. The Balaban J connectivity index is 1.44. The first kappa shape index (κ1) is 18.7. The lowest BCUT2D eigenvalue weighted by atomic mass is 10.0. The number of H-pyrrole nitrogens is 1. The predicted octanol–water partition coefficient (Wildman–Crippen LogP) is 7.96. The molecule has 2 heterocycles. The van der Waals surface area contributed by atoms with E-state index in [1.807, 2.05) is 12.1 Å². The second-order valence-corrected chi connectivity index (χ2v) is 8.65. The van der Waals surface area contributed by atoms with Crippen molar-refractivity contribution in [1.82, 2.24) is 9.55 Å². The normalized spacial score (nSPS) is 11.5. The first-order valence-corrected chi connectivity index (χ1v) is 11.4. The van der Waals surface area contributed by atoms with E-state index in [2.05, 4.69) is 113 Å². The summed E-state index contributed by atoms with van der Waals surface area (Å²) in [5.41, 5.74) is 8.47. The van der Waals surface area contributed by atoms with E-state index >= 15 is 0 Å². The summed E-state index contributed by atoms with van der Waals surface area (Å²) < 4.78 is 2.34. The van der Waals surface area contributed by atoms with Gasteiger partial charge in [-0.3, -0.25) is 0 Å². The molecule has 1 N–H and O–H groups in total. The molecule has 0 radical (unpaired) electrons. The van der Waals surface area contributed by atoms with Crippen molar-refractivity contribution in [3.63, 3.8) is 0 Å². The van der Waals surface area contributed by atoms with Crippen molar-refractivity contribution in [3.05, 3.63) is 115 Å². The molecule has 2 aromatic heterocycles. The monoisotopic (exact) mass is 433 g/mol. The highest BCUT2D eigenvalue weighted by atomic mass is 15.0. The van der Waals surface area contributed by atoms with Crippen molar-refractivity contribution in [1.29, 1.82) is 5.26 Å². The van der Waals surface area contributed by atoms with Crippen molar-refractivity contribution in [3.8, 4) is 22.9 Å². The van der Waals surface area contributed by atoms with Crippen LogP contribution in [0.3, 0.4) is 0 Å². The van der Waals surface area contributed by atoms with E-state index in [0.717, 1.165) is 38.6 Å². The van der Waals surface area contributed by atoms with Crippen LogP contribution in [0.15, 0.2) is 109 Å². The predicted molar refractivity (Wildman–Crippen MR) is 140 cm³/mol. The van der Waals surface area contributed by atoms with Crippen LogP contribution >= 0.6 is 0 Å². The number of benzene rings is 5. The summed E-state index contributed by atoms with van der Waals surface area (Å²) in [5.74, 6) is 0. The molecule has 0 aliphatic rings. The van der Waals surface area contributed by atoms with Gasteiger partial charge in [-0.2, -0.15) is 5.26 Å². The Kier molecular flexibility index (Phi) is 3.91. The van der Waals surface area contributed by atoms with Crippen LogP contribution in [0.5, 0.6) is 0 Å². The van der Waals surface area contributed by atoms with E-state index in [1.54, 1.807) is 0 Å². The van der Waals surface area contributed by atoms with Gasteiger partial charge in [0.25, 0.3) is 0 Å². The number of nitrogens with zero attached hydrogens (tertiary/aromatic N) is 2.